The second-order valence-electron chi connectivity index (χ2n) is 8.10. The number of Topliss-reactive ketones (excluding diaryl/α,β-unsaturated/α-hetero) is 1. The number of aliphatic hydroxyl groups is 2. The van der Waals surface area contributed by atoms with Crippen LogP contribution in [0.1, 0.15) is 56.3 Å². The van der Waals surface area contributed by atoms with Crippen LogP contribution in [0.25, 0.3) is 0 Å². The molecule has 2 fully saturated rings. The lowest BCUT2D eigenvalue weighted by atomic mass is 9.51. The van der Waals surface area contributed by atoms with E-state index in [2.05, 4.69) is 13.0 Å². The third-order valence-electron chi connectivity index (χ3n) is 6.91. The number of hydrogen-bond acceptors (Lipinski definition) is 4. The van der Waals surface area contributed by atoms with E-state index in [0.29, 0.717) is 18.6 Å². The van der Waals surface area contributed by atoms with Crippen LogP contribution in [-0.2, 0) is 4.79 Å². The molecule has 0 spiro atoms. The zero-order valence-corrected chi connectivity index (χ0v) is 14.4. The van der Waals surface area contributed by atoms with Gasteiger partial charge in [-0.15, -0.1) is 0 Å². The average Bonchev–Trinajstić information content (AvgIpc) is 2.95. The Morgan fingerprint density at radius 2 is 2.04 bits per heavy atom. The van der Waals surface area contributed by atoms with Gasteiger partial charge in [0, 0.05) is 17.4 Å². The molecule has 0 aromatic carbocycles. The Kier molecular flexibility index (Phi) is 3.73. The average molecular weight is 330 g/mol. The molecule has 4 rings (SSSR count). The van der Waals surface area contributed by atoms with Gasteiger partial charge in [-0.2, -0.15) is 0 Å². The predicted molar refractivity (Wildman–Crippen MR) is 89.5 cm³/mol. The van der Waals surface area contributed by atoms with Crippen LogP contribution in [0.15, 0.2) is 28.4 Å². The Labute approximate surface area is 142 Å². The fourth-order valence-electron chi connectivity index (χ4n) is 5.53. The summed E-state index contributed by atoms with van der Waals surface area (Å²) in [5, 5.41) is 20.2. The lowest BCUT2D eigenvalue weighted by Gasteiger charge is -2.53. The largest absolute Gasteiger partial charge is 0.469 e. The normalized spacial score (nSPS) is 42.2. The van der Waals surface area contributed by atoms with Crippen molar-refractivity contribution in [2.75, 3.05) is 0 Å². The number of ketones is 1. The van der Waals surface area contributed by atoms with E-state index in [1.807, 2.05) is 13.0 Å². The van der Waals surface area contributed by atoms with Gasteiger partial charge in [0.15, 0.2) is 0 Å². The van der Waals surface area contributed by atoms with E-state index in [1.165, 1.54) is 5.57 Å². The molecule has 1 aromatic heterocycles. The van der Waals surface area contributed by atoms with Crippen LogP contribution in [-0.4, -0.2) is 28.2 Å². The molecular formula is C20H26O4. The summed E-state index contributed by atoms with van der Waals surface area (Å²) >= 11 is 0. The maximum Gasteiger partial charge on any atom is 0.144 e. The number of fused-ring (bicyclic) bond motifs is 3. The molecule has 3 aliphatic rings. The first-order valence-corrected chi connectivity index (χ1v) is 9.05. The first-order chi connectivity index (χ1) is 11.4. The second kappa shape index (κ2) is 5.57. The van der Waals surface area contributed by atoms with Gasteiger partial charge in [-0.1, -0.05) is 18.6 Å². The topological polar surface area (TPSA) is 70.7 Å². The molecule has 4 heteroatoms. The third kappa shape index (κ3) is 2.23. The molecule has 3 aliphatic carbocycles. The molecule has 0 radical (unpaired) electrons. The van der Waals surface area contributed by atoms with Gasteiger partial charge in [0.1, 0.15) is 11.5 Å². The van der Waals surface area contributed by atoms with Gasteiger partial charge in [-0.3, -0.25) is 4.79 Å². The SMILES string of the molecule is Cc1occc1[C@@H]1CC[C@H]2[C@@H](CC=C3C[C@@H](O)[C@H](O)C[C@@]32C)C1=O. The summed E-state index contributed by atoms with van der Waals surface area (Å²) in [6, 6.07) is 1.94. The summed E-state index contributed by atoms with van der Waals surface area (Å²) in [5.41, 5.74) is 2.12. The van der Waals surface area contributed by atoms with Crippen molar-refractivity contribution in [2.24, 2.45) is 17.3 Å². The fraction of sp³-hybridized carbons (Fsp3) is 0.650. The van der Waals surface area contributed by atoms with Crippen LogP contribution in [0, 0.1) is 24.2 Å². The summed E-state index contributed by atoms with van der Waals surface area (Å²) in [5.74, 6) is 1.42. The number of allylic oxidation sites excluding steroid dienone is 1. The molecule has 1 heterocycles. The maximum absolute atomic E-state index is 13.2. The molecule has 130 valence electrons. The van der Waals surface area contributed by atoms with Gasteiger partial charge in [-0.25, -0.2) is 0 Å². The highest BCUT2D eigenvalue weighted by Crippen LogP contribution is 2.57. The van der Waals surface area contributed by atoms with Crippen molar-refractivity contribution in [3.8, 4) is 0 Å². The molecule has 0 saturated heterocycles. The van der Waals surface area contributed by atoms with E-state index in [0.717, 1.165) is 30.6 Å². The third-order valence-corrected chi connectivity index (χ3v) is 6.91. The minimum Gasteiger partial charge on any atom is -0.469 e. The van der Waals surface area contributed by atoms with E-state index < -0.39 is 12.2 Å². The van der Waals surface area contributed by atoms with Crippen molar-refractivity contribution in [2.45, 2.75) is 64.1 Å². The highest BCUT2D eigenvalue weighted by Gasteiger charge is 2.53. The van der Waals surface area contributed by atoms with Crippen LogP contribution < -0.4 is 0 Å². The van der Waals surface area contributed by atoms with Crippen molar-refractivity contribution >= 4 is 5.78 Å². The van der Waals surface area contributed by atoms with Gasteiger partial charge in [0.25, 0.3) is 0 Å². The Hall–Kier alpha value is -1.39. The first-order valence-electron chi connectivity index (χ1n) is 9.05. The first kappa shape index (κ1) is 16.1. The number of hydrogen-bond donors (Lipinski definition) is 2. The lowest BCUT2D eigenvalue weighted by Crippen LogP contribution is -2.51. The molecule has 4 nitrogen and oxygen atoms in total. The maximum atomic E-state index is 13.2. The minimum atomic E-state index is -0.685. The number of aryl methyl sites for hydroxylation is 1. The monoisotopic (exact) mass is 330 g/mol. The number of furan rings is 1. The van der Waals surface area contributed by atoms with Crippen LogP contribution >= 0.6 is 0 Å². The molecule has 2 saturated carbocycles. The van der Waals surface area contributed by atoms with Gasteiger partial charge >= 0.3 is 0 Å². The van der Waals surface area contributed by atoms with Crippen molar-refractivity contribution < 1.29 is 19.4 Å². The Balaban J connectivity index is 1.65. The highest BCUT2D eigenvalue weighted by molar-refractivity contribution is 5.89. The Bertz CT molecular complexity index is 688. The second-order valence-corrected chi connectivity index (χ2v) is 8.10. The van der Waals surface area contributed by atoms with Gasteiger partial charge < -0.3 is 14.6 Å². The van der Waals surface area contributed by atoms with E-state index in [1.54, 1.807) is 6.26 Å². The lowest BCUT2D eigenvalue weighted by molar-refractivity contribution is -0.133. The molecule has 24 heavy (non-hydrogen) atoms. The van der Waals surface area contributed by atoms with Crippen LogP contribution in [0.3, 0.4) is 0 Å². The van der Waals surface area contributed by atoms with Crippen LogP contribution in [0.2, 0.25) is 0 Å². The van der Waals surface area contributed by atoms with Crippen molar-refractivity contribution in [3.63, 3.8) is 0 Å². The highest BCUT2D eigenvalue weighted by atomic mass is 16.3. The molecule has 6 atom stereocenters. The summed E-state index contributed by atoms with van der Waals surface area (Å²) in [6.07, 6.45) is 6.19. The summed E-state index contributed by atoms with van der Waals surface area (Å²) in [7, 11) is 0. The standard InChI is InChI=1S/C20H26O4/c1-11-13(7-8-24-11)14-5-6-16-15(19(14)23)4-3-12-9-17(21)18(22)10-20(12,16)2/h3,7-8,14-18,21-22H,4-6,9-10H2,1-2H3/t14-,15+,16-,17+,18+,20-/m0/s1. The van der Waals surface area contributed by atoms with Gasteiger partial charge in [-0.05, 0) is 56.4 Å². The summed E-state index contributed by atoms with van der Waals surface area (Å²) in [4.78, 5) is 13.2. The predicted octanol–water partition coefficient (Wildman–Crippen LogP) is 3.12. The number of rotatable bonds is 1. The fourth-order valence-corrected chi connectivity index (χ4v) is 5.53. The molecule has 2 N–H and O–H groups in total. The van der Waals surface area contributed by atoms with E-state index in [9.17, 15) is 15.0 Å². The van der Waals surface area contributed by atoms with Crippen molar-refractivity contribution in [1.82, 2.24) is 0 Å². The zero-order chi connectivity index (χ0) is 17.1. The van der Waals surface area contributed by atoms with Crippen LogP contribution in [0.5, 0.6) is 0 Å². The molecule has 0 aliphatic heterocycles. The van der Waals surface area contributed by atoms with E-state index in [4.69, 9.17) is 4.42 Å². The van der Waals surface area contributed by atoms with Crippen LogP contribution in [0.4, 0.5) is 0 Å². The Morgan fingerprint density at radius 3 is 2.75 bits per heavy atom. The molecule has 0 amide bonds. The summed E-state index contributed by atoms with van der Waals surface area (Å²) in [6.45, 7) is 4.11. The number of aliphatic hydroxyl groups excluding tert-OH is 2. The zero-order valence-electron chi connectivity index (χ0n) is 14.4. The number of carbonyl (C=O) groups is 1. The van der Waals surface area contributed by atoms with Crippen molar-refractivity contribution in [1.29, 1.82) is 0 Å². The smallest absolute Gasteiger partial charge is 0.144 e. The minimum absolute atomic E-state index is 0.0224. The van der Waals surface area contributed by atoms with Gasteiger partial charge in [0.2, 0.25) is 0 Å². The summed E-state index contributed by atoms with van der Waals surface area (Å²) < 4.78 is 5.41. The van der Waals surface area contributed by atoms with Crippen molar-refractivity contribution in [3.05, 3.63) is 35.3 Å². The molecule has 0 unspecified atom stereocenters. The quantitative estimate of drug-likeness (QED) is 0.776. The van der Waals surface area contributed by atoms with Gasteiger partial charge in [0.05, 0.1) is 18.5 Å². The molecule has 1 aromatic rings. The van der Waals surface area contributed by atoms with E-state index in [-0.39, 0.29) is 23.2 Å². The molecular weight excluding hydrogens is 304 g/mol. The van der Waals surface area contributed by atoms with E-state index >= 15 is 0 Å². The Morgan fingerprint density at radius 1 is 1.25 bits per heavy atom. The molecule has 0 bridgehead atoms. The number of carbonyl (C=O) groups excluding carboxylic acids is 1.